The van der Waals surface area contributed by atoms with Crippen LogP contribution in [0.2, 0.25) is 4.34 Å². The first-order valence-corrected chi connectivity index (χ1v) is 5.77. The van der Waals surface area contributed by atoms with Gasteiger partial charge in [0, 0.05) is 10.9 Å². The van der Waals surface area contributed by atoms with E-state index in [0.29, 0.717) is 12.0 Å². The summed E-state index contributed by atoms with van der Waals surface area (Å²) < 4.78 is 0.869. The molecule has 1 aromatic heterocycles. The van der Waals surface area contributed by atoms with Crippen LogP contribution in [-0.2, 0) is 0 Å². The van der Waals surface area contributed by atoms with Gasteiger partial charge in [0.2, 0.25) is 0 Å². The van der Waals surface area contributed by atoms with Crippen LogP contribution in [0.4, 0.5) is 0 Å². The molecule has 1 atom stereocenters. The van der Waals surface area contributed by atoms with Crippen LogP contribution in [0.25, 0.3) is 0 Å². The van der Waals surface area contributed by atoms with Gasteiger partial charge in [-0.15, -0.1) is 11.3 Å². The highest BCUT2D eigenvalue weighted by Crippen LogP contribution is 2.26. The first kappa shape index (κ1) is 11.0. The van der Waals surface area contributed by atoms with Crippen LogP contribution >= 0.6 is 22.9 Å². The maximum atomic E-state index is 5.86. The van der Waals surface area contributed by atoms with E-state index in [0.717, 1.165) is 10.9 Å². The zero-order valence-electron chi connectivity index (χ0n) is 8.30. The van der Waals surface area contributed by atoms with E-state index in [9.17, 15) is 0 Å². The summed E-state index contributed by atoms with van der Waals surface area (Å²) in [7, 11) is 0. The van der Waals surface area contributed by atoms with Gasteiger partial charge in [-0.3, -0.25) is 0 Å². The molecule has 0 aliphatic carbocycles. The number of thiophene rings is 1. The lowest BCUT2D eigenvalue weighted by Gasteiger charge is -2.13. The third-order valence-electron chi connectivity index (χ3n) is 1.85. The van der Waals surface area contributed by atoms with Crippen molar-refractivity contribution in [2.45, 2.75) is 26.8 Å². The average molecular weight is 218 g/mol. The predicted octanol–water partition coefficient (Wildman–Crippen LogP) is 3.71. The largest absolute Gasteiger partial charge is 0.309 e. The molecule has 3 heteroatoms. The van der Waals surface area contributed by atoms with E-state index in [1.807, 2.05) is 6.07 Å². The topological polar surface area (TPSA) is 12.0 Å². The Labute approximate surface area is 89.1 Å². The van der Waals surface area contributed by atoms with Crippen LogP contribution in [0.3, 0.4) is 0 Å². The van der Waals surface area contributed by atoms with Crippen molar-refractivity contribution in [2.75, 3.05) is 6.54 Å². The SMILES string of the molecule is CC(C)CN[C@H](C)c1ccc(Cl)s1. The Balaban J connectivity index is 2.44. The summed E-state index contributed by atoms with van der Waals surface area (Å²) >= 11 is 7.51. The quantitative estimate of drug-likeness (QED) is 0.811. The van der Waals surface area contributed by atoms with Gasteiger partial charge in [0.05, 0.1) is 4.34 Å². The molecule has 0 radical (unpaired) electrons. The molecule has 1 N–H and O–H groups in total. The molecule has 0 fully saturated rings. The second-order valence-electron chi connectivity index (χ2n) is 3.67. The van der Waals surface area contributed by atoms with Crippen molar-refractivity contribution >= 4 is 22.9 Å². The molecule has 0 bridgehead atoms. The van der Waals surface area contributed by atoms with Crippen LogP contribution in [0.5, 0.6) is 0 Å². The summed E-state index contributed by atoms with van der Waals surface area (Å²) in [6.07, 6.45) is 0. The molecule has 74 valence electrons. The molecule has 0 saturated carbocycles. The molecular formula is C10H16ClNS. The number of hydrogen-bond acceptors (Lipinski definition) is 2. The highest BCUT2D eigenvalue weighted by Gasteiger charge is 2.07. The Bertz CT molecular complexity index is 257. The summed E-state index contributed by atoms with van der Waals surface area (Å²) in [6.45, 7) is 7.64. The van der Waals surface area contributed by atoms with Gasteiger partial charge in [-0.25, -0.2) is 0 Å². The second-order valence-corrected chi connectivity index (χ2v) is 5.41. The lowest BCUT2D eigenvalue weighted by atomic mass is 10.2. The Morgan fingerprint density at radius 1 is 1.38 bits per heavy atom. The van der Waals surface area contributed by atoms with E-state index in [1.54, 1.807) is 11.3 Å². The van der Waals surface area contributed by atoms with E-state index < -0.39 is 0 Å². The number of halogens is 1. The third kappa shape index (κ3) is 3.67. The minimum Gasteiger partial charge on any atom is -0.309 e. The second kappa shape index (κ2) is 4.99. The maximum Gasteiger partial charge on any atom is 0.0931 e. The molecule has 1 aromatic rings. The van der Waals surface area contributed by atoms with Gasteiger partial charge < -0.3 is 5.32 Å². The molecule has 0 spiro atoms. The first-order chi connectivity index (χ1) is 6.09. The van der Waals surface area contributed by atoms with E-state index in [1.165, 1.54) is 4.88 Å². The Morgan fingerprint density at radius 3 is 2.54 bits per heavy atom. The van der Waals surface area contributed by atoms with Crippen LogP contribution in [-0.4, -0.2) is 6.54 Å². The highest BCUT2D eigenvalue weighted by atomic mass is 35.5. The van der Waals surface area contributed by atoms with Crippen molar-refractivity contribution in [1.82, 2.24) is 5.32 Å². The lowest BCUT2D eigenvalue weighted by molar-refractivity contribution is 0.500. The smallest absolute Gasteiger partial charge is 0.0931 e. The monoisotopic (exact) mass is 217 g/mol. The van der Waals surface area contributed by atoms with Gasteiger partial charge in [0.15, 0.2) is 0 Å². The fraction of sp³-hybridized carbons (Fsp3) is 0.600. The Kier molecular flexibility index (Phi) is 4.23. The minimum atomic E-state index is 0.417. The molecule has 1 heterocycles. The summed E-state index contributed by atoms with van der Waals surface area (Å²) in [5, 5.41) is 3.46. The van der Waals surface area contributed by atoms with Crippen LogP contribution < -0.4 is 5.32 Å². The normalized spacial score (nSPS) is 13.6. The van der Waals surface area contributed by atoms with Crippen molar-refractivity contribution in [3.05, 3.63) is 21.3 Å². The summed E-state index contributed by atoms with van der Waals surface area (Å²) in [4.78, 5) is 1.31. The van der Waals surface area contributed by atoms with Crippen molar-refractivity contribution in [3.63, 3.8) is 0 Å². The number of nitrogens with one attached hydrogen (secondary N) is 1. The predicted molar refractivity (Wildman–Crippen MR) is 60.6 cm³/mol. The minimum absolute atomic E-state index is 0.417. The number of hydrogen-bond donors (Lipinski definition) is 1. The first-order valence-electron chi connectivity index (χ1n) is 4.58. The Hall–Kier alpha value is -0.0500. The van der Waals surface area contributed by atoms with Crippen LogP contribution in [0, 0.1) is 5.92 Å². The van der Waals surface area contributed by atoms with Gasteiger partial charge in [-0.2, -0.15) is 0 Å². The van der Waals surface area contributed by atoms with E-state index in [2.05, 4.69) is 32.2 Å². The summed E-state index contributed by atoms with van der Waals surface area (Å²) in [6, 6.07) is 4.46. The third-order valence-corrected chi connectivity index (χ3v) is 3.27. The molecular weight excluding hydrogens is 202 g/mol. The molecule has 0 saturated heterocycles. The molecule has 0 aromatic carbocycles. The molecule has 1 rings (SSSR count). The van der Waals surface area contributed by atoms with Crippen molar-refractivity contribution in [2.24, 2.45) is 5.92 Å². The van der Waals surface area contributed by atoms with Crippen LogP contribution in [0.15, 0.2) is 12.1 Å². The Morgan fingerprint density at radius 2 is 2.08 bits per heavy atom. The number of rotatable bonds is 4. The zero-order valence-corrected chi connectivity index (χ0v) is 9.88. The lowest BCUT2D eigenvalue weighted by Crippen LogP contribution is -2.22. The fourth-order valence-electron chi connectivity index (χ4n) is 1.07. The standard InChI is InChI=1S/C10H16ClNS/c1-7(2)6-12-8(3)9-4-5-10(11)13-9/h4-5,7-8,12H,6H2,1-3H3/t8-/m1/s1. The molecule has 1 nitrogen and oxygen atoms in total. The zero-order chi connectivity index (χ0) is 9.84. The summed E-state index contributed by atoms with van der Waals surface area (Å²) in [5.74, 6) is 0.692. The molecule has 13 heavy (non-hydrogen) atoms. The molecule has 0 amide bonds. The molecule has 0 aliphatic rings. The average Bonchev–Trinajstić information content (AvgIpc) is 2.47. The van der Waals surface area contributed by atoms with E-state index >= 15 is 0 Å². The molecule has 0 aliphatic heterocycles. The fourth-order valence-corrected chi connectivity index (χ4v) is 2.16. The van der Waals surface area contributed by atoms with Crippen molar-refractivity contribution in [3.8, 4) is 0 Å². The van der Waals surface area contributed by atoms with Crippen molar-refractivity contribution < 1.29 is 0 Å². The summed E-state index contributed by atoms with van der Waals surface area (Å²) in [5.41, 5.74) is 0. The van der Waals surface area contributed by atoms with E-state index in [-0.39, 0.29) is 0 Å². The van der Waals surface area contributed by atoms with Gasteiger partial charge in [0.25, 0.3) is 0 Å². The van der Waals surface area contributed by atoms with Gasteiger partial charge in [0.1, 0.15) is 0 Å². The highest BCUT2D eigenvalue weighted by molar-refractivity contribution is 7.16. The van der Waals surface area contributed by atoms with Gasteiger partial charge in [-0.1, -0.05) is 25.4 Å². The van der Waals surface area contributed by atoms with E-state index in [4.69, 9.17) is 11.6 Å². The van der Waals surface area contributed by atoms with Crippen molar-refractivity contribution in [1.29, 1.82) is 0 Å². The maximum absolute atomic E-state index is 5.86. The van der Waals surface area contributed by atoms with Gasteiger partial charge >= 0.3 is 0 Å². The van der Waals surface area contributed by atoms with Crippen LogP contribution in [0.1, 0.15) is 31.7 Å². The van der Waals surface area contributed by atoms with Gasteiger partial charge in [-0.05, 0) is 31.5 Å². The molecule has 0 unspecified atom stereocenters.